The number of carbonyl (C=O) groups excluding carboxylic acids is 1. The number of ether oxygens (including phenoxy) is 1. The van der Waals surface area contributed by atoms with E-state index in [1.54, 1.807) is 7.11 Å². The number of carbonyl (C=O) groups is 1. The van der Waals surface area contributed by atoms with Crippen molar-refractivity contribution in [3.05, 3.63) is 71.3 Å². The Morgan fingerprint density at radius 2 is 1.79 bits per heavy atom. The van der Waals surface area contributed by atoms with Gasteiger partial charge in [-0.2, -0.15) is 13.2 Å². The van der Waals surface area contributed by atoms with Gasteiger partial charge in [-0.05, 0) is 54.2 Å². The van der Waals surface area contributed by atoms with E-state index in [1.807, 2.05) is 29.2 Å². The summed E-state index contributed by atoms with van der Waals surface area (Å²) >= 11 is 0. The third-order valence-corrected chi connectivity index (χ3v) is 6.65. The summed E-state index contributed by atoms with van der Waals surface area (Å²) < 4.78 is 43.7. The fourth-order valence-electron chi connectivity index (χ4n) is 4.85. The highest BCUT2D eigenvalue weighted by molar-refractivity contribution is 5.77. The standard InChI is InChI=1S/C26H29F3N2O2/c1-33-23-11-6-19(7-12-23)3-2-15-30-16-14-24-21(18-30)8-13-25(32)31(24)17-20-4-9-22(10-5-20)26(27,28)29/h2-7,9-12,21,24H,8,13-18H2,1H3/b3-2+/t21-,24+/m0/s1. The van der Waals surface area contributed by atoms with Crippen LogP contribution in [0.2, 0.25) is 0 Å². The van der Waals surface area contributed by atoms with Gasteiger partial charge in [0.25, 0.3) is 0 Å². The average molecular weight is 459 g/mol. The molecule has 4 rings (SSSR count). The molecule has 1 amide bonds. The maximum atomic E-state index is 12.8. The van der Waals surface area contributed by atoms with Crippen molar-refractivity contribution in [3.63, 3.8) is 0 Å². The molecule has 7 heteroatoms. The lowest BCUT2D eigenvalue weighted by molar-refractivity contribution is -0.142. The fraction of sp³-hybridized carbons (Fsp3) is 0.423. The summed E-state index contributed by atoms with van der Waals surface area (Å²) in [5.74, 6) is 1.33. The third kappa shape index (κ3) is 5.77. The van der Waals surface area contributed by atoms with Crippen LogP contribution < -0.4 is 4.74 Å². The Morgan fingerprint density at radius 3 is 2.45 bits per heavy atom. The van der Waals surface area contributed by atoms with Crippen LogP contribution in [0.3, 0.4) is 0 Å². The lowest BCUT2D eigenvalue weighted by atomic mass is 9.83. The number of alkyl halides is 3. The molecule has 2 atom stereocenters. The molecule has 0 aliphatic carbocycles. The summed E-state index contributed by atoms with van der Waals surface area (Å²) in [5, 5.41) is 0. The lowest BCUT2D eigenvalue weighted by Gasteiger charge is -2.47. The number of hydrogen-bond donors (Lipinski definition) is 0. The Hall–Kier alpha value is -2.80. The Balaban J connectivity index is 1.34. The van der Waals surface area contributed by atoms with Gasteiger partial charge in [-0.25, -0.2) is 0 Å². The molecule has 0 unspecified atom stereocenters. The molecule has 0 aromatic heterocycles. The number of halogens is 3. The van der Waals surface area contributed by atoms with Gasteiger partial charge in [0.15, 0.2) is 0 Å². The van der Waals surface area contributed by atoms with E-state index in [0.29, 0.717) is 18.9 Å². The minimum absolute atomic E-state index is 0.101. The predicted molar refractivity (Wildman–Crippen MR) is 122 cm³/mol. The number of hydrogen-bond acceptors (Lipinski definition) is 3. The number of rotatable bonds is 6. The number of fused-ring (bicyclic) bond motifs is 1. The first-order chi connectivity index (χ1) is 15.8. The zero-order chi connectivity index (χ0) is 23.4. The highest BCUT2D eigenvalue weighted by atomic mass is 19.4. The van der Waals surface area contributed by atoms with Crippen LogP contribution >= 0.6 is 0 Å². The first-order valence-electron chi connectivity index (χ1n) is 11.3. The van der Waals surface area contributed by atoms with E-state index in [-0.39, 0.29) is 11.9 Å². The summed E-state index contributed by atoms with van der Waals surface area (Å²) in [7, 11) is 1.65. The van der Waals surface area contributed by atoms with E-state index in [2.05, 4.69) is 17.1 Å². The van der Waals surface area contributed by atoms with E-state index < -0.39 is 11.7 Å². The molecule has 0 saturated carbocycles. The third-order valence-electron chi connectivity index (χ3n) is 6.65. The topological polar surface area (TPSA) is 32.8 Å². The zero-order valence-electron chi connectivity index (χ0n) is 18.7. The van der Waals surface area contributed by atoms with Gasteiger partial charge in [-0.1, -0.05) is 36.4 Å². The Morgan fingerprint density at radius 1 is 1.06 bits per heavy atom. The quantitative estimate of drug-likeness (QED) is 0.594. The lowest BCUT2D eigenvalue weighted by Crippen LogP contribution is -2.55. The molecule has 0 N–H and O–H groups in total. The molecule has 2 aliphatic heterocycles. The molecule has 2 aliphatic rings. The molecule has 2 saturated heterocycles. The molecule has 2 heterocycles. The highest BCUT2D eigenvalue weighted by Crippen LogP contribution is 2.33. The maximum absolute atomic E-state index is 12.8. The summed E-state index contributed by atoms with van der Waals surface area (Å²) in [6.45, 7) is 3.04. The minimum Gasteiger partial charge on any atom is -0.497 e. The molecule has 2 aromatic carbocycles. The van der Waals surface area contributed by atoms with Gasteiger partial charge in [0, 0.05) is 38.6 Å². The van der Waals surface area contributed by atoms with Crippen LogP contribution in [0.15, 0.2) is 54.6 Å². The van der Waals surface area contributed by atoms with E-state index in [1.165, 1.54) is 12.1 Å². The second-order valence-electron chi connectivity index (χ2n) is 8.81. The van der Waals surface area contributed by atoms with Gasteiger partial charge < -0.3 is 9.64 Å². The van der Waals surface area contributed by atoms with E-state index in [9.17, 15) is 18.0 Å². The second kappa shape index (κ2) is 10.00. The van der Waals surface area contributed by atoms with Gasteiger partial charge in [-0.15, -0.1) is 0 Å². The molecule has 4 nitrogen and oxygen atoms in total. The second-order valence-corrected chi connectivity index (χ2v) is 8.81. The van der Waals surface area contributed by atoms with Gasteiger partial charge in [0.2, 0.25) is 5.91 Å². The van der Waals surface area contributed by atoms with Crippen molar-refractivity contribution in [3.8, 4) is 5.75 Å². The summed E-state index contributed by atoms with van der Waals surface area (Å²) in [6, 6.07) is 13.2. The number of nitrogens with zero attached hydrogens (tertiary/aromatic N) is 2. The van der Waals surface area contributed by atoms with Gasteiger partial charge in [0.05, 0.1) is 12.7 Å². The van der Waals surface area contributed by atoms with E-state index >= 15 is 0 Å². The fourth-order valence-corrected chi connectivity index (χ4v) is 4.85. The molecular formula is C26H29F3N2O2. The first-order valence-corrected chi connectivity index (χ1v) is 11.3. The van der Waals surface area contributed by atoms with Gasteiger partial charge in [-0.3, -0.25) is 9.69 Å². The molecule has 33 heavy (non-hydrogen) atoms. The van der Waals surface area contributed by atoms with Crippen LogP contribution in [-0.2, 0) is 17.5 Å². The minimum atomic E-state index is -4.35. The van der Waals surface area contributed by atoms with E-state index in [4.69, 9.17) is 4.74 Å². The number of likely N-dealkylation sites (tertiary alicyclic amines) is 2. The molecule has 2 fully saturated rings. The van der Waals surface area contributed by atoms with Crippen molar-refractivity contribution in [2.24, 2.45) is 5.92 Å². The Kier molecular flexibility index (Phi) is 7.08. The normalized spacial score (nSPS) is 21.9. The van der Waals surface area contributed by atoms with Crippen molar-refractivity contribution in [1.82, 2.24) is 9.80 Å². The van der Waals surface area contributed by atoms with Crippen LogP contribution in [-0.4, -0.2) is 48.5 Å². The summed E-state index contributed by atoms with van der Waals surface area (Å²) in [5.41, 5.74) is 1.20. The van der Waals surface area contributed by atoms with Crippen molar-refractivity contribution in [2.45, 2.75) is 38.0 Å². The Bertz CT molecular complexity index is 971. The van der Waals surface area contributed by atoms with Crippen molar-refractivity contribution in [2.75, 3.05) is 26.7 Å². The number of benzene rings is 2. The average Bonchev–Trinajstić information content (AvgIpc) is 2.81. The van der Waals surface area contributed by atoms with Crippen LogP contribution in [0.1, 0.15) is 36.0 Å². The Labute approximate surface area is 192 Å². The summed E-state index contributed by atoms with van der Waals surface area (Å²) in [4.78, 5) is 16.9. The maximum Gasteiger partial charge on any atom is 0.416 e. The summed E-state index contributed by atoms with van der Waals surface area (Å²) in [6.07, 6.45) is 2.17. The first kappa shape index (κ1) is 23.4. The van der Waals surface area contributed by atoms with Crippen LogP contribution in [0, 0.1) is 5.92 Å². The van der Waals surface area contributed by atoms with Crippen molar-refractivity contribution >= 4 is 12.0 Å². The van der Waals surface area contributed by atoms with Crippen LogP contribution in [0.25, 0.3) is 6.08 Å². The molecule has 0 bridgehead atoms. The van der Waals surface area contributed by atoms with Gasteiger partial charge in [0.1, 0.15) is 5.75 Å². The highest BCUT2D eigenvalue weighted by Gasteiger charge is 2.39. The van der Waals surface area contributed by atoms with Crippen LogP contribution in [0.4, 0.5) is 13.2 Å². The monoisotopic (exact) mass is 458 g/mol. The van der Waals surface area contributed by atoms with Gasteiger partial charge >= 0.3 is 6.18 Å². The van der Waals surface area contributed by atoms with E-state index in [0.717, 1.165) is 61.5 Å². The number of methoxy groups -OCH3 is 1. The zero-order valence-corrected chi connectivity index (χ0v) is 18.7. The van der Waals surface area contributed by atoms with Crippen LogP contribution in [0.5, 0.6) is 5.75 Å². The predicted octanol–water partition coefficient (Wildman–Crippen LogP) is 5.24. The molecule has 2 aromatic rings. The molecule has 0 spiro atoms. The van der Waals surface area contributed by atoms with Crippen molar-refractivity contribution < 1.29 is 22.7 Å². The smallest absolute Gasteiger partial charge is 0.416 e. The number of piperidine rings is 2. The SMILES string of the molecule is COc1ccc(/C=C/CN2CC[C@@H]3[C@@H](CCC(=O)N3Cc3ccc(C(F)(F)F)cc3)C2)cc1. The largest absolute Gasteiger partial charge is 0.497 e. The number of amides is 1. The molecule has 0 radical (unpaired) electrons. The molecular weight excluding hydrogens is 429 g/mol. The molecule has 176 valence electrons. The van der Waals surface area contributed by atoms with Crippen molar-refractivity contribution in [1.29, 1.82) is 0 Å².